The lowest BCUT2D eigenvalue weighted by molar-refractivity contribution is -0.140. The lowest BCUT2D eigenvalue weighted by Crippen LogP contribution is -2.55. The van der Waals surface area contributed by atoms with Gasteiger partial charge >= 0.3 is 0 Å². The second-order valence-electron chi connectivity index (χ2n) is 10.8. The summed E-state index contributed by atoms with van der Waals surface area (Å²) < 4.78 is 40.6. The van der Waals surface area contributed by atoms with Gasteiger partial charge in [-0.15, -0.1) is 0 Å². The van der Waals surface area contributed by atoms with Crippen LogP contribution in [0.2, 0.25) is 0 Å². The number of rotatable bonds is 11. The summed E-state index contributed by atoms with van der Waals surface area (Å²) in [6.45, 7) is 1.48. The first-order chi connectivity index (χ1) is 19.6. The fourth-order valence-corrected chi connectivity index (χ4v) is 6.19. The first kappa shape index (κ1) is 30.2. The molecule has 1 N–H and O–H groups in total. The van der Waals surface area contributed by atoms with Crippen LogP contribution in [0.15, 0.2) is 78.9 Å². The number of hydrogen-bond donors (Lipinski definition) is 1. The van der Waals surface area contributed by atoms with Crippen molar-refractivity contribution in [3.8, 4) is 0 Å². The molecule has 0 aliphatic heterocycles. The van der Waals surface area contributed by atoms with Crippen molar-refractivity contribution in [2.75, 3.05) is 17.1 Å². The summed E-state index contributed by atoms with van der Waals surface area (Å²) in [6.07, 6.45) is 6.23. The maximum atomic E-state index is 14.1. The van der Waals surface area contributed by atoms with E-state index in [0.717, 1.165) is 65.4 Å². The van der Waals surface area contributed by atoms with E-state index < -0.39 is 34.3 Å². The molecule has 7 nitrogen and oxygen atoms in total. The summed E-state index contributed by atoms with van der Waals surface area (Å²) in [5, 5.41) is 3.18. The van der Waals surface area contributed by atoms with Crippen LogP contribution in [-0.4, -0.2) is 50.0 Å². The van der Waals surface area contributed by atoms with Gasteiger partial charge in [0.25, 0.3) is 0 Å². The van der Waals surface area contributed by atoms with Crippen molar-refractivity contribution in [3.63, 3.8) is 0 Å². The van der Waals surface area contributed by atoms with Crippen LogP contribution >= 0.6 is 0 Å². The Morgan fingerprint density at radius 1 is 0.927 bits per heavy atom. The van der Waals surface area contributed by atoms with Crippen molar-refractivity contribution in [2.24, 2.45) is 0 Å². The van der Waals surface area contributed by atoms with Crippen molar-refractivity contribution in [1.29, 1.82) is 0 Å². The van der Waals surface area contributed by atoms with Gasteiger partial charge in [0.2, 0.25) is 21.8 Å². The van der Waals surface area contributed by atoms with Crippen LogP contribution in [0.4, 0.5) is 10.1 Å². The Morgan fingerprint density at radius 3 is 2.27 bits per heavy atom. The number of sulfonamides is 1. The third-order valence-corrected chi connectivity index (χ3v) is 8.57. The van der Waals surface area contributed by atoms with E-state index in [2.05, 4.69) is 5.32 Å². The number of nitrogens with zero attached hydrogens (tertiary/aromatic N) is 2. The molecule has 3 aromatic carbocycles. The van der Waals surface area contributed by atoms with E-state index in [1.54, 1.807) is 0 Å². The molecule has 9 heteroatoms. The Labute approximate surface area is 242 Å². The number of halogens is 1. The number of hydrogen-bond acceptors (Lipinski definition) is 4. The van der Waals surface area contributed by atoms with Crippen LogP contribution in [0, 0.1) is 12.7 Å². The largest absolute Gasteiger partial charge is 0.352 e. The zero-order valence-electron chi connectivity index (χ0n) is 23.6. The number of carbonyl (C=O) groups is 2. The molecule has 2 amide bonds. The van der Waals surface area contributed by atoms with Gasteiger partial charge in [-0.05, 0) is 49.1 Å². The van der Waals surface area contributed by atoms with E-state index >= 15 is 0 Å². The third kappa shape index (κ3) is 8.63. The molecule has 1 saturated carbocycles. The van der Waals surface area contributed by atoms with Gasteiger partial charge in [0.15, 0.2) is 0 Å². The molecule has 0 unspecified atom stereocenters. The van der Waals surface area contributed by atoms with Crippen LogP contribution < -0.4 is 9.62 Å². The van der Waals surface area contributed by atoms with Crippen LogP contribution in [0.3, 0.4) is 0 Å². The molecule has 0 saturated heterocycles. The normalized spacial score (nSPS) is 14.7. The molecule has 1 aliphatic carbocycles. The topological polar surface area (TPSA) is 86.8 Å². The molecule has 0 bridgehead atoms. The monoisotopic (exact) mass is 579 g/mol. The Kier molecular flexibility index (Phi) is 10.2. The Hall–Kier alpha value is -3.72. The second kappa shape index (κ2) is 13.8. The lowest BCUT2D eigenvalue weighted by atomic mass is 9.94. The van der Waals surface area contributed by atoms with Crippen molar-refractivity contribution in [1.82, 2.24) is 10.2 Å². The molecular formula is C32H38FN3O4S. The summed E-state index contributed by atoms with van der Waals surface area (Å²) in [4.78, 5) is 29.5. The number of nitrogens with one attached hydrogen (secondary N) is 1. The molecule has 3 aromatic rings. The molecule has 4 rings (SSSR count). The quantitative estimate of drug-likeness (QED) is 0.347. The summed E-state index contributed by atoms with van der Waals surface area (Å²) in [5.41, 5.74) is 2.74. The standard InChI is InChI=1S/C32H38FN3O4S/c1-24-11-9-14-26(19-24)22-35(31(37)23-36(41(2,39)40)29-18-10-15-27(33)21-29)30(20-25-12-5-3-6-13-25)32(38)34-28-16-7-4-8-17-28/h3,5-6,9-15,18-19,21,28,30H,4,7-8,16-17,20,22-23H2,1-2H3,(H,34,38)/t30-/m0/s1. The highest BCUT2D eigenvalue weighted by atomic mass is 32.2. The number of carbonyl (C=O) groups excluding carboxylic acids is 2. The summed E-state index contributed by atoms with van der Waals surface area (Å²) in [7, 11) is -3.95. The van der Waals surface area contributed by atoms with Gasteiger partial charge in [-0.2, -0.15) is 0 Å². The van der Waals surface area contributed by atoms with E-state index in [-0.39, 0.29) is 30.6 Å². The van der Waals surface area contributed by atoms with Crippen molar-refractivity contribution < 1.29 is 22.4 Å². The predicted molar refractivity (Wildman–Crippen MR) is 159 cm³/mol. The molecule has 218 valence electrons. The molecule has 0 heterocycles. The fourth-order valence-electron chi connectivity index (χ4n) is 5.35. The summed E-state index contributed by atoms with van der Waals surface area (Å²) in [5.74, 6) is -1.44. The maximum Gasteiger partial charge on any atom is 0.244 e. The molecule has 41 heavy (non-hydrogen) atoms. The van der Waals surface area contributed by atoms with Crippen LogP contribution in [0.1, 0.15) is 48.8 Å². The zero-order valence-corrected chi connectivity index (χ0v) is 24.4. The van der Waals surface area contributed by atoms with E-state index in [9.17, 15) is 22.4 Å². The number of amides is 2. The molecule has 0 aromatic heterocycles. The van der Waals surface area contributed by atoms with E-state index in [0.29, 0.717) is 0 Å². The number of benzene rings is 3. The smallest absolute Gasteiger partial charge is 0.244 e. The highest BCUT2D eigenvalue weighted by molar-refractivity contribution is 7.92. The Balaban J connectivity index is 1.72. The Morgan fingerprint density at radius 2 is 1.61 bits per heavy atom. The van der Waals surface area contributed by atoms with Gasteiger partial charge in [0.05, 0.1) is 11.9 Å². The Bertz CT molecular complexity index is 1440. The molecule has 1 aliphatic rings. The fraction of sp³-hybridized carbons (Fsp3) is 0.375. The van der Waals surface area contributed by atoms with E-state index in [4.69, 9.17) is 0 Å². The minimum atomic E-state index is -3.95. The van der Waals surface area contributed by atoms with Crippen molar-refractivity contribution in [3.05, 3.63) is 101 Å². The van der Waals surface area contributed by atoms with Crippen LogP contribution in [0.5, 0.6) is 0 Å². The molecular weight excluding hydrogens is 541 g/mol. The highest BCUT2D eigenvalue weighted by Gasteiger charge is 2.34. The molecule has 0 spiro atoms. The predicted octanol–water partition coefficient (Wildman–Crippen LogP) is 4.99. The minimum absolute atomic E-state index is 0.0326. The third-order valence-electron chi connectivity index (χ3n) is 7.43. The first-order valence-electron chi connectivity index (χ1n) is 14.0. The molecule has 1 atom stereocenters. The highest BCUT2D eigenvalue weighted by Crippen LogP contribution is 2.22. The summed E-state index contributed by atoms with van der Waals surface area (Å²) >= 11 is 0. The maximum absolute atomic E-state index is 14.1. The zero-order chi connectivity index (χ0) is 29.4. The van der Waals surface area contributed by atoms with Gasteiger partial charge in [0, 0.05) is 19.0 Å². The number of aryl methyl sites for hydroxylation is 1. The average Bonchev–Trinajstić information content (AvgIpc) is 2.94. The lowest BCUT2D eigenvalue weighted by Gasteiger charge is -2.35. The average molecular weight is 580 g/mol. The van der Waals surface area contributed by atoms with Gasteiger partial charge < -0.3 is 10.2 Å². The van der Waals surface area contributed by atoms with E-state index in [1.807, 2.05) is 61.5 Å². The second-order valence-corrected chi connectivity index (χ2v) is 12.7. The minimum Gasteiger partial charge on any atom is -0.352 e. The number of anilines is 1. The van der Waals surface area contributed by atoms with Crippen molar-refractivity contribution >= 4 is 27.5 Å². The van der Waals surface area contributed by atoms with Crippen molar-refractivity contribution in [2.45, 2.75) is 64.1 Å². The van der Waals surface area contributed by atoms with E-state index in [1.165, 1.54) is 23.1 Å². The molecule has 1 fully saturated rings. The van der Waals surface area contributed by atoms with Crippen LogP contribution in [-0.2, 0) is 32.6 Å². The summed E-state index contributed by atoms with van der Waals surface area (Å²) in [6, 6.07) is 21.4. The van der Waals surface area contributed by atoms with Gasteiger partial charge in [-0.3, -0.25) is 13.9 Å². The first-order valence-corrected chi connectivity index (χ1v) is 15.9. The van der Waals surface area contributed by atoms with Gasteiger partial charge in [-0.1, -0.05) is 85.5 Å². The van der Waals surface area contributed by atoms with Gasteiger partial charge in [0.1, 0.15) is 18.4 Å². The SMILES string of the molecule is Cc1cccc(CN(C(=O)CN(c2cccc(F)c2)S(C)(=O)=O)[C@@H](Cc2ccccc2)C(=O)NC2CCCCC2)c1. The van der Waals surface area contributed by atoms with Crippen LogP contribution in [0.25, 0.3) is 0 Å². The molecule has 0 radical (unpaired) electrons. The van der Waals surface area contributed by atoms with Gasteiger partial charge in [-0.25, -0.2) is 12.8 Å².